The van der Waals surface area contributed by atoms with Crippen LogP contribution in [0.3, 0.4) is 0 Å². The van der Waals surface area contributed by atoms with Gasteiger partial charge in [0.05, 0.1) is 12.2 Å². The van der Waals surface area contributed by atoms with Crippen LogP contribution in [0.25, 0.3) is 10.9 Å². The molecule has 2 aromatic heterocycles. The van der Waals surface area contributed by atoms with Gasteiger partial charge in [-0.25, -0.2) is 0 Å². The predicted molar refractivity (Wildman–Crippen MR) is 91.1 cm³/mol. The summed E-state index contributed by atoms with van der Waals surface area (Å²) in [5.41, 5.74) is 9.31. The van der Waals surface area contributed by atoms with E-state index in [1.54, 1.807) is 22.9 Å². The summed E-state index contributed by atoms with van der Waals surface area (Å²) in [6, 6.07) is 11.9. The van der Waals surface area contributed by atoms with E-state index in [1.165, 1.54) is 16.5 Å². The molecule has 0 saturated heterocycles. The van der Waals surface area contributed by atoms with Gasteiger partial charge in [0.15, 0.2) is 0 Å². The number of anilines is 1. The van der Waals surface area contributed by atoms with Gasteiger partial charge in [-0.3, -0.25) is 4.79 Å². The molecule has 4 heteroatoms. The van der Waals surface area contributed by atoms with Crippen LogP contribution in [0, 0.1) is 5.92 Å². The van der Waals surface area contributed by atoms with Gasteiger partial charge in [-0.1, -0.05) is 32.0 Å². The van der Waals surface area contributed by atoms with Crippen molar-refractivity contribution in [1.82, 2.24) is 9.55 Å². The van der Waals surface area contributed by atoms with Crippen molar-refractivity contribution in [3.63, 3.8) is 0 Å². The summed E-state index contributed by atoms with van der Waals surface area (Å²) in [4.78, 5) is 15.5. The van der Waals surface area contributed by atoms with Crippen molar-refractivity contribution < 1.29 is 0 Å². The Labute approximate surface area is 129 Å². The Morgan fingerprint density at radius 3 is 2.82 bits per heavy atom. The number of pyridine rings is 1. The fraction of sp³-hybridized carbons (Fsp3) is 0.278. The van der Waals surface area contributed by atoms with E-state index in [0.717, 1.165) is 12.1 Å². The maximum atomic E-state index is 12.0. The first-order valence-electron chi connectivity index (χ1n) is 7.59. The maximum absolute atomic E-state index is 12.0. The highest BCUT2D eigenvalue weighted by molar-refractivity contribution is 5.83. The SMILES string of the molecule is CC(C)Cc1cccc2cc(Cn3cccc(N)c3=O)[nH]c12. The summed E-state index contributed by atoms with van der Waals surface area (Å²) < 4.78 is 1.63. The maximum Gasteiger partial charge on any atom is 0.274 e. The number of nitrogens with two attached hydrogens (primary N) is 1. The van der Waals surface area contributed by atoms with Crippen molar-refractivity contribution in [1.29, 1.82) is 0 Å². The minimum absolute atomic E-state index is 0.149. The molecule has 0 radical (unpaired) electrons. The van der Waals surface area contributed by atoms with Gasteiger partial charge in [-0.05, 0) is 41.5 Å². The summed E-state index contributed by atoms with van der Waals surface area (Å²) in [6.07, 6.45) is 2.80. The van der Waals surface area contributed by atoms with Crippen LogP contribution in [-0.4, -0.2) is 9.55 Å². The second-order valence-corrected chi connectivity index (χ2v) is 6.17. The first-order chi connectivity index (χ1) is 10.5. The van der Waals surface area contributed by atoms with E-state index in [2.05, 4.69) is 43.1 Å². The van der Waals surface area contributed by atoms with E-state index in [0.29, 0.717) is 12.5 Å². The number of hydrogen-bond donors (Lipinski definition) is 2. The second kappa shape index (κ2) is 5.72. The number of nitrogen functional groups attached to an aromatic ring is 1. The normalized spacial score (nSPS) is 11.4. The zero-order valence-corrected chi connectivity index (χ0v) is 13.0. The van der Waals surface area contributed by atoms with E-state index in [1.807, 2.05) is 0 Å². The molecule has 2 heterocycles. The zero-order chi connectivity index (χ0) is 15.7. The predicted octanol–water partition coefficient (Wildman–Crippen LogP) is 3.16. The van der Waals surface area contributed by atoms with Gasteiger partial charge in [-0.15, -0.1) is 0 Å². The minimum Gasteiger partial charge on any atom is -0.394 e. The average molecular weight is 295 g/mol. The monoisotopic (exact) mass is 295 g/mol. The molecule has 3 N–H and O–H groups in total. The third-order valence-electron chi connectivity index (χ3n) is 3.82. The molecule has 0 spiro atoms. The Morgan fingerprint density at radius 2 is 2.05 bits per heavy atom. The highest BCUT2D eigenvalue weighted by atomic mass is 16.1. The van der Waals surface area contributed by atoms with Gasteiger partial charge in [0.2, 0.25) is 0 Å². The Bertz CT molecular complexity index is 858. The Kier molecular flexibility index (Phi) is 3.75. The highest BCUT2D eigenvalue weighted by Gasteiger charge is 2.08. The molecule has 3 rings (SSSR count). The van der Waals surface area contributed by atoms with E-state index in [9.17, 15) is 4.79 Å². The summed E-state index contributed by atoms with van der Waals surface area (Å²) in [6.45, 7) is 4.93. The van der Waals surface area contributed by atoms with Gasteiger partial charge in [-0.2, -0.15) is 0 Å². The Morgan fingerprint density at radius 1 is 1.23 bits per heavy atom. The molecular weight excluding hydrogens is 274 g/mol. The number of para-hydroxylation sites is 1. The molecule has 0 atom stereocenters. The lowest BCUT2D eigenvalue weighted by Crippen LogP contribution is -2.22. The van der Waals surface area contributed by atoms with Gasteiger partial charge in [0, 0.05) is 17.4 Å². The Balaban J connectivity index is 1.99. The molecule has 0 unspecified atom stereocenters. The number of nitrogens with one attached hydrogen (secondary N) is 1. The van der Waals surface area contributed by atoms with Crippen molar-refractivity contribution in [2.24, 2.45) is 5.92 Å². The van der Waals surface area contributed by atoms with Crippen LogP contribution in [0.2, 0.25) is 0 Å². The third-order valence-corrected chi connectivity index (χ3v) is 3.82. The molecule has 0 saturated carbocycles. The average Bonchev–Trinajstić information content (AvgIpc) is 2.87. The number of aromatic amines is 1. The quantitative estimate of drug-likeness (QED) is 0.776. The summed E-state index contributed by atoms with van der Waals surface area (Å²) in [7, 11) is 0. The molecule has 0 aliphatic carbocycles. The molecule has 0 fully saturated rings. The molecule has 1 aromatic carbocycles. The van der Waals surface area contributed by atoms with Crippen LogP contribution in [0.1, 0.15) is 25.1 Å². The topological polar surface area (TPSA) is 63.8 Å². The molecule has 114 valence electrons. The summed E-state index contributed by atoms with van der Waals surface area (Å²) in [5.74, 6) is 0.605. The molecule has 0 bridgehead atoms. The van der Waals surface area contributed by atoms with Crippen molar-refractivity contribution in [2.45, 2.75) is 26.8 Å². The van der Waals surface area contributed by atoms with Crippen LogP contribution < -0.4 is 11.3 Å². The minimum atomic E-state index is -0.149. The molecule has 3 aromatic rings. The van der Waals surface area contributed by atoms with Crippen LogP contribution in [0.15, 0.2) is 47.4 Å². The van der Waals surface area contributed by atoms with Crippen molar-refractivity contribution >= 4 is 16.6 Å². The van der Waals surface area contributed by atoms with E-state index < -0.39 is 0 Å². The van der Waals surface area contributed by atoms with Crippen molar-refractivity contribution in [2.75, 3.05) is 5.73 Å². The van der Waals surface area contributed by atoms with Crippen molar-refractivity contribution in [3.05, 3.63) is 64.2 Å². The fourth-order valence-electron chi connectivity index (χ4n) is 2.84. The smallest absolute Gasteiger partial charge is 0.274 e. The van der Waals surface area contributed by atoms with Gasteiger partial charge in [0.25, 0.3) is 5.56 Å². The van der Waals surface area contributed by atoms with Gasteiger partial charge in [0.1, 0.15) is 0 Å². The number of hydrogen-bond acceptors (Lipinski definition) is 2. The number of fused-ring (bicyclic) bond motifs is 1. The molecule has 0 aliphatic heterocycles. The molecule has 4 nitrogen and oxygen atoms in total. The van der Waals surface area contributed by atoms with Gasteiger partial charge >= 0.3 is 0 Å². The Hall–Kier alpha value is -2.49. The lowest BCUT2D eigenvalue weighted by atomic mass is 10.0. The molecule has 0 amide bonds. The number of rotatable bonds is 4. The van der Waals surface area contributed by atoms with Crippen LogP contribution in [-0.2, 0) is 13.0 Å². The lowest BCUT2D eigenvalue weighted by Gasteiger charge is -2.06. The van der Waals surface area contributed by atoms with E-state index >= 15 is 0 Å². The lowest BCUT2D eigenvalue weighted by molar-refractivity contribution is 0.649. The third kappa shape index (κ3) is 2.77. The number of aromatic nitrogens is 2. The second-order valence-electron chi connectivity index (χ2n) is 6.17. The number of H-pyrrole nitrogens is 1. The van der Waals surface area contributed by atoms with Crippen LogP contribution in [0.4, 0.5) is 5.69 Å². The van der Waals surface area contributed by atoms with E-state index in [-0.39, 0.29) is 11.2 Å². The zero-order valence-electron chi connectivity index (χ0n) is 13.0. The summed E-state index contributed by atoms with van der Waals surface area (Å²) in [5, 5.41) is 1.19. The molecule has 22 heavy (non-hydrogen) atoms. The summed E-state index contributed by atoms with van der Waals surface area (Å²) >= 11 is 0. The van der Waals surface area contributed by atoms with Crippen molar-refractivity contribution in [3.8, 4) is 0 Å². The van der Waals surface area contributed by atoms with Gasteiger partial charge < -0.3 is 15.3 Å². The first-order valence-corrected chi connectivity index (χ1v) is 7.59. The number of nitrogens with zero attached hydrogens (tertiary/aromatic N) is 1. The fourth-order valence-corrected chi connectivity index (χ4v) is 2.84. The molecular formula is C18H21N3O. The first kappa shape index (κ1) is 14.4. The standard InChI is InChI=1S/C18H21N3O/c1-12(2)9-13-5-3-6-14-10-15(20-17(13)14)11-21-8-4-7-16(19)18(21)22/h3-8,10,12,20H,9,11,19H2,1-2H3. The van der Waals surface area contributed by atoms with E-state index in [4.69, 9.17) is 5.73 Å². The largest absolute Gasteiger partial charge is 0.394 e. The molecule has 0 aliphatic rings. The number of benzene rings is 1. The highest BCUT2D eigenvalue weighted by Crippen LogP contribution is 2.22. The van der Waals surface area contributed by atoms with Crippen LogP contribution in [0.5, 0.6) is 0 Å². The van der Waals surface area contributed by atoms with Crippen LogP contribution >= 0.6 is 0 Å².